The highest BCUT2D eigenvalue weighted by Gasteiger charge is 2.17. The summed E-state index contributed by atoms with van der Waals surface area (Å²) in [5.74, 6) is 0.524. The van der Waals surface area contributed by atoms with Gasteiger partial charge in [0.1, 0.15) is 17.1 Å². The van der Waals surface area contributed by atoms with Crippen molar-refractivity contribution in [3.63, 3.8) is 0 Å². The standard InChI is InChI=1S/C30H37NO4/c1-21(2)31(22(3)4)26-13-9-11-23(19-26)10-8-12-25-18-24(20-32)16-17-28(25)35-30(33)27-14-6-7-15-29(27)34-5/h6-7,9,11,13-19,21-22,32H,8,10,12,20H2,1-5H3. The van der Waals surface area contributed by atoms with Gasteiger partial charge in [-0.1, -0.05) is 30.3 Å². The molecule has 0 saturated carbocycles. The Balaban J connectivity index is 1.74. The number of aryl methyl sites for hydroxylation is 2. The van der Waals surface area contributed by atoms with E-state index in [0.717, 1.165) is 30.4 Å². The number of hydrogen-bond acceptors (Lipinski definition) is 5. The molecule has 0 radical (unpaired) electrons. The highest BCUT2D eigenvalue weighted by atomic mass is 16.5. The van der Waals surface area contributed by atoms with Gasteiger partial charge < -0.3 is 19.5 Å². The third kappa shape index (κ3) is 6.86. The van der Waals surface area contributed by atoms with Crippen LogP contribution in [0.25, 0.3) is 0 Å². The number of anilines is 1. The maximum atomic E-state index is 12.9. The van der Waals surface area contributed by atoms with E-state index in [9.17, 15) is 9.90 Å². The lowest BCUT2D eigenvalue weighted by atomic mass is 10.0. The van der Waals surface area contributed by atoms with Crippen LogP contribution in [0.5, 0.6) is 11.5 Å². The Kier molecular flexibility index (Phi) is 9.32. The molecule has 0 atom stereocenters. The normalized spacial score (nSPS) is 11.1. The first-order valence-corrected chi connectivity index (χ1v) is 12.3. The summed E-state index contributed by atoms with van der Waals surface area (Å²) in [7, 11) is 1.53. The first kappa shape index (κ1) is 26.3. The minimum Gasteiger partial charge on any atom is -0.496 e. The molecule has 186 valence electrons. The molecule has 0 bridgehead atoms. The van der Waals surface area contributed by atoms with Gasteiger partial charge in [0.25, 0.3) is 0 Å². The highest BCUT2D eigenvalue weighted by molar-refractivity contribution is 5.94. The van der Waals surface area contributed by atoms with Crippen LogP contribution in [-0.4, -0.2) is 30.3 Å². The van der Waals surface area contributed by atoms with Crippen LogP contribution in [0.1, 0.15) is 61.2 Å². The third-order valence-electron chi connectivity index (χ3n) is 6.07. The van der Waals surface area contributed by atoms with E-state index in [4.69, 9.17) is 9.47 Å². The summed E-state index contributed by atoms with van der Waals surface area (Å²) in [4.78, 5) is 15.3. The van der Waals surface area contributed by atoms with Gasteiger partial charge >= 0.3 is 5.97 Å². The van der Waals surface area contributed by atoms with Crippen molar-refractivity contribution in [3.05, 3.63) is 89.0 Å². The number of para-hydroxylation sites is 1. The molecule has 0 aliphatic carbocycles. The van der Waals surface area contributed by atoms with Gasteiger partial charge in [-0.05, 0) is 100 Å². The summed E-state index contributed by atoms with van der Waals surface area (Å²) in [5.41, 5.74) is 4.59. The molecule has 3 rings (SSSR count). The van der Waals surface area contributed by atoms with Crippen molar-refractivity contribution >= 4 is 11.7 Å². The van der Waals surface area contributed by atoms with Crippen LogP contribution in [-0.2, 0) is 19.4 Å². The van der Waals surface area contributed by atoms with Gasteiger partial charge in [-0.2, -0.15) is 0 Å². The van der Waals surface area contributed by atoms with Crippen LogP contribution >= 0.6 is 0 Å². The first-order valence-electron chi connectivity index (χ1n) is 12.3. The van der Waals surface area contributed by atoms with Gasteiger partial charge in [-0.25, -0.2) is 4.79 Å². The molecule has 1 N–H and O–H groups in total. The summed E-state index contributed by atoms with van der Waals surface area (Å²) in [5, 5.41) is 9.63. The number of esters is 1. The molecule has 0 spiro atoms. The Morgan fingerprint density at radius 3 is 2.29 bits per heavy atom. The molecule has 0 heterocycles. The van der Waals surface area contributed by atoms with Crippen molar-refractivity contribution in [2.45, 2.75) is 65.6 Å². The molecule has 3 aromatic rings. The predicted molar refractivity (Wildman–Crippen MR) is 142 cm³/mol. The lowest BCUT2D eigenvalue weighted by Crippen LogP contribution is -2.36. The molecule has 0 aromatic heterocycles. The molecule has 0 amide bonds. The molecule has 0 fully saturated rings. The van der Waals surface area contributed by atoms with E-state index in [1.165, 1.54) is 18.4 Å². The second kappa shape index (κ2) is 12.4. The van der Waals surface area contributed by atoms with E-state index in [1.807, 2.05) is 12.1 Å². The lowest BCUT2D eigenvalue weighted by molar-refractivity contribution is 0.0729. The van der Waals surface area contributed by atoms with E-state index in [1.54, 1.807) is 30.3 Å². The molecular weight excluding hydrogens is 438 g/mol. The van der Waals surface area contributed by atoms with Gasteiger partial charge in [0.05, 0.1) is 13.7 Å². The van der Waals surface area contributed by atoms with Crippen LogP contribution in [0.4, 0.5) is 5.69 Å². The van der Waals surface area contributed by atoms with Gasteiger partial charge in [-0.15, -0.1) is 0 Å². The Bertz CT molecular complexity index is 1110. The van der Waals surface area contributed by atoms with Gasteiger partial charge in [0.2, 0.25) is 0 Å². The zero-order valence-corrected chi connectivity index (χ0v) is 21.5. The number of carbonyl (C=O) groups excluding carboxylic acids is 1. The highest BCUT2D eigenvalue weighted by Crippen LogP contribution is 2.27. The largest absolute Gasteiger partial charge is 0.496 e. The van der Waals surface area contributed by atoms with E-state index in [-0.39, 0.29) is 6.61 Å². The van der Waals surface area contributed by atoms with Gasteiger partial charge in [-0.3, -0.25) is 0 Å². The van der Waals surface area contributed by atoms with Crippen molar-refractivity contribution in [2.24, 2.45) is 0 Å². The van der Waals surface area contributed by atoms with Crippen LogP contribution in [0.15, 0.2) is 66.7 Å². The average molecular weight is 476 g/mol. The maximum Gasteiger partial charge on any atom is 0.347 e. The van der Waals surface area contributed by atoms with Crippen LogP contribution in [0, 0.1) is 0 Å². The number of aliphatic hydroxyl groups is 1. The number of benzene rings is 3. The average Bonchev–Trinajstić information content (AvgIpc) is 2.84. The Labute approximate surface area is 209 Å². The number of carbonyl (C=O) groups is 1. The summed E-state index contributed by atoms with van der Waals surface area (Å²) in [6.07, 6.45) is 2.52. The Morgan fingerprint density at radius 1 is 0.857 bits per heavy atom. The number of aliphatic hydroxyl groups excluding tert-OH is 1. The fraction of sp³-hybridized carbons (Fsp3) is 0.367. The van der Waals surface area contributed by atoms with Crippen molar-refractivity contribution in [1.82, 2.24) is 0 Å². The van der Waals surface area contributed by atoms with Crippen molar-refractivity contribution in [3.8, 4) is 11.5 Å². The maximum absolute atomic E-state index is 12.9. The number of ether oxygens (including phenoxy) is 2. The molecule has 3 aromatic carbocycles. The number of methoxy groups -OCH3 is 1. The molecular formula is C30H37NO4. The fourth-order valence-electron chi connectivity index (χ4n) is 4.54. The minimum absolute atomic E-state index is 0.0595. The monoisotopic (exact) mass is 475 g/mol. The minimum atomic E-state index is -0.462. The lowest BCUT2D eigenvalue weighted by Gasteiger charge is -2.33. The number of nitrogens with zero attached hydrogens (tertiary/aromatic N) is 1. The van der Waals surface area contributed by atoms with Crippen LogP contribution in [0.3, 0.4) is 0 Å². The molecule has 0 aliphatic heterocycles. The van der Waals surface area contributed by atoms with Crippen LogP contribution in [0.2, 0.25) is 0 Å². The van der Waals surface area contributed by atoms with Crippen molar-refractivity contribution < 1.29 is 19.4 Å². The van der Waals surface area contributed by atoms with E-state index in [2.05, 4.69) is 56.9 Å². The smallest absolute Gasteiger partial charge is 0.347 e. The second-order valence-electron chi connectivity index (χ2n) is 9.31. The zero-order chi connectivity index (χ0) is 25.4. The quantitative estimate of drug-likeness (QED) is 0.264. The van der Waals surface area contributed by atoms with Crippen LogP contribution < -0.4 is 14.4 Å². The fourth-order valence-corrected chi connectivity index (χ4v) is 4.54. The Hall–Kier alpha value is -3.31. The Morgan fingerprint density at radius 2 is 1.60 bits per heavy atom. The summed E-state index contributed by atoms with van der Waals surface area (Å²) in [6.45, 7) is 8.81. The summed E-state index contributed by atoms with van der Waals surface area (Å²) in [6, 6.07) is 22.0. The molecule has 5 heteroatoms. The topological polar surface area (TPSA) is 59.0 Å². The van der Waals surface area contributed by atoms with E-state index < -0.39 is 5.97 Å². The van der Waals surface area contributed by atoms with Crippen molar-refractivity contribution in [2.75, 3.05) is 12.0 Å². The van der Waals surface area contributed by atoms with Gasteiger partial charge in [0, 0.05) is 17.8 Å². The third-order valence-corrected chi connectivity index (χ3v) is 6.07. The predicted octanol–water partition coefficient (Wildman–Crippen LogP) is 6.21. The van der Waals surface area contributed by atoms with E-state index in [0.29, 0.717) is 29.1 Å². The summed E-state index contributed by atoms with van der Waals surface area (Å²) < 4.78 is 11.1. The number of rotatable bonds is 11. The number of hydrogen-bond donors (Lipinski definition) is 1. The van der Waals surface area contributed by atoms with Gasteiger partial charge in [0.15, 0.2) is 0 Å². The molecule has 0 aliphatic rings. The summed E-state index contributed by atoms with van der Waals surface area (Å²) >= 11 is 0. The zero-order valence-electron chi connectivity index (χ0n) is 21.5. The SMILES string of the molecule is COc1ccccc1C(=O)Oc1ccc(CO)cc1CCCc1cccc(N(C(C)C)C(C)C)c1. The second-order valence-corrected chi connectivity index (χ2v) is 9.31. The first-order chi connectivity index (χ1) is 16.8. The molecule has 35 heavy (non-hydrogen) atoms. The molecule has 0 unspecified atom stereocenters. The van der Waals surface area contributed by atoms with E-state index >= 15 is 0 Å². The molecule has 5 nitrogen and oxygen atoms in total. The van der Waals surface area contributed by atoms with Crippen molar-refractivity contribution in [1.29, 1.82) is 0 Å². The molecule has 0 saturated heterocycles.